The van der Waals surface area contributed by atoms with Gasteiger partial charge in [0.2, 0.25) is 0 Å². The van der Waals surface area contributed by atoms with Crippen molar-refractivity contribution in [1.82, 2.24) is 0 Å². The molecule has 4 heteroatoms. The molecule has 0 aliphatic carbocycles. The average Bonchev–Trinajstić information content (AvgIpc) is 1.83. The quantitative estimate of drug-likeness (QED) is 0.586. The Morgan fingerprint density at radius 1 is 1.67 bits per heavy atom. The summed E-state index contributed by atoms with van der Waals surface area (Å²) in [6, 6.07) is 0. The molecule has 0 fully saturated rings. The number of hydrogen-bond donors (Lipinski definition) is 2. The van der Waals surface area contributed by atoms with E-state index < -0.39 is 14.1 Å². The van der Waals surface area contributed by atoms with Gasteiger partial charge in [-0.2, -0.15) is 4.89 Å². The Labute approximate surface area is 55.6 Å². The summed E-state index contributed by atoms with van der Waals surface area (Å²) in [6.45, 7) is 1.84. The van der Waals surface area contributed by atoms with Gasteiger partial charge in [0.25, 0.3) is 0 Å². The van der Waals surface area contributed by atoms with E-state index >= 15 is 0 Å². The number of aliphatic hydroxyl groups excluding tert-OH is 1. The van der Waals surface area contributed by atoms with Crippen molar-refractivity contribution in [3.8, 4) is 0 Å². The van der Waals surface area contributed by atoms with E-state index in [-0.39, 0.29) is 6.16 Å². The van der Waals surface area contributed by atoms with Crippen molar-refractivity contribution in [2.24, 2.45) is 0 Å². The first-order chi connectivity index (χ1) is 4.16. The molecule has 0 saturated heterocycles. The van der Waals surface area contributed by atoms with Crippen molar-refractivity contribution in [2.75, 3.05) is 6.16 Å². The topological polar surface area (TPSA) is 57.5 Å². The molecule has 2 atom stereocenters. The normalized spacial score (nSPS) is 15.2. The van der Waals surface area contributed by atoms with Gasteiger partial charge >= 0.3 is 8.03 Å². The second kappa shape index (κ2) is 4.86. The molecular formula is C5H12O3P+. The van der Waals surface area contributed by atoms with Crippen LogP contribution in [0.25, 0.3) is 0 Å². The number of hydrogen-bond acceptors (Lipinski definition) is 2. The van der Waals surface area contributed by atoms with Crippen molar-refractivity contribution < 1.29 is 14.6 Å². The fourth-order valence-electron chi connectivity index (χ4n) is 0.464. The fourth-order valence-corrected chi connectivity index (χ4v) is 0.983. The zero-order valence-corrected chi connectivity index (χ0v) is 6.34. The highest BCUT2D eigenvalue weighted by Gasteiger charge is 2.12. The Morgan fingerprint density at radius 3 is 2.56 bits per heavy atom. The maximum atomic E-state index is 10.1. The Balaban J connectivity index is 3.16. The molecule has 54 valence electrons. The van der Waals surface area contributed by atoms with Crippen LogP contribution in [0.15, 0.2) is 0 Å². The highest BCUT2D eigenvalue weighted by atomic mass is 31.1. The molecule has 0 rings (SSSR count). The molecule has 0 heterocycles. The second-order valence-electron chi connectivity index (χ2n) is 1.93. The lowest BCUT2D eigenvalue weighted by Gasteiger charge is -1.99. The summed E-state index contributed by atoms with van der Waals surface area (Å²) < 4.78 is 10.1. The minimum Gasteiger partial charge on any atom is -0.393 e. The van der Waals surface area contributed by atoms with Crippen LogP contribution in [0.4, 0.5) is 0 Å². The predicted octanol–water partition coefficient (Wildman–Crippen LogP) is 0.882. The molecule has 3 nitrogen and oxygen atoms in total. The molecule has 0 bridgehead atoms. The Bertz CT molecular complexity index is 94.2. The van der Waals surface area contributed by atoms with Crippen molar-refractivity contribution in [1.29, 1.82) is 0 Å². The van der Waals surface area contributed by atoms with Crippen LogP contribution in [-0.2, 0) is 4.57 Å². The van der Waals surface area contributed by atoms with Gasteiger partial charge in [0.05, 0.1) is 6.10 Å². The fraction of sp³-hybridized carbons (Fsp3) is 1.00. The van der Waals surface area contributed by atoms with Crippen LogP contribution in [0.1, 0.15) is 19.8 Å². The van der Waals surface area contributed by atoms with Gasteiger partial charge in [-0.05, 0) is 11.0 Å². The minimum absolute atomic E-state index is 0.213. The van der Waals surface area contributed by atoms with Crippen LogP contribution >= 0.6 is 8.03 Å². The monoisotopic (exact) mass is 151 g/mol. The van der Waals surface area contributed by atoms with Crippen molar-refractivity contribution in [2.45, 2.75) is 25.9 Å². The standard InChI is InChI=1S/C5H11O3P/c1-2-5(6)3-4-9(7)8/h5-6H,2-4H2,1H3/p+1. The molecule has 0 saturated carbocycles. The maximum absolute atomic E-state index is 10.1. The van der Waals surface area contributed by atoms with Crippen LogP contribution in [0, 0.1) is 0 Å². The first-order valence-corrected chi connectivity index (χ1v) is 4.38. The molecule has 0 aromatic rings. The zero-order valence-electron chi connectivity index (χ0n) is 5.45. The van der Waals surface area contributed by atoms with Gasteiger partial charge in [-0.1, -0.05) is 6.92 Å². The molecule has 0 aromatic heterocycles. The lowest BCUT2D eigenvalue weighted by molar-refractivity contribution is 0.166. The van der Waals surface area contributed by atoms with Gasteiger partial charge in [-0.25, -0.2) is 0 Å². The van der Waals surface area contributed by atoms with Gasteiger partial charge in [-0.3, -0.25) is 0 Å². The van der Waals surface area contributed by atoms with Crippen LogP contribution in [0.2, 0.25) is 0 Å². The van der Waals surface area contributed by atoms with E-state index in [4.69, 9.17) is 10.00 Å². The second-order valence-corrected chi connectivity index (χ2v) is 3.08. The SMILES string of the molecule is CCC(O)CC[P+](=O)O. The summed E-state index contributed by atoms with van der Waals surface area (Å²) in [4.78, 5) is 8.29. The van der Waals surface area contributed by atoms with Gasteiger partial charge in [0.1, 0.15) is 0 Å². The molecule has 0 aliphatic heterocycles. The van der Waals surface area contributed by atoms with E-state index in [9.17, 15) is 4.57 Å². The molecule has 0 amide bonds. The van der Waals surface area contributed by atoms with Crippen LogP contribution < -0.4 is 0 Å². The van der Waals surface area contributed by atoms with Crippen LogP contribution in [0.5, 0.6) is 0 Å². The third kappa shape index (κ3) is 5.90. The van der Waals surface area contributed by atoms with Gasteiger partial charge in [-0.15, -0.1) is 0 Å². The van der Waals surface area contributed by atoms with Gasteiger partial charge in [0.15, 0.2) is 6.16 Å². The first kappa shape index (κ1) is 9.02. The lowest BCUT2D eigenvalue weighted by Crippen LogP contribution is -2.04. The first-order valence-electron chi connectivity index (χ1n) is 2.98. The molecule has 0 aromatic carbocycles. The van der Waals surface area contributed by atoms with E-state index in [1.807, 2.05) is 6.92 Å². The summed E-state index contributed by atoms with van der Waals surface area (Å²) in [7, 11) is -2.05. The Morgan fingerprint density at radius 2 is 2.22 bits per heavy atom. The third-order valence-electron chi connectivity index (χ3n) is 1.12. The predicted molar refractivity (Wildman–Crippen MR) is 35.6 cm³/mol. The minimum atomic E-state index is -2.05. The van der Waals surface area contributed by atoms with Crippen molar-refractivity contribution in [3.05, 3.63) is 0 Å². The van der Waals surface area contributed by atoms with Crippen molar-refractivity contribution >= 4 is 8.03 Å². The van der Waals surface area contributed by atoms with E-state index in [1.54, 1.807) is 0 Å². The maximum Gasteiger partial charge on any atom is 0.505 e. The lowest BCUT2D eigenvalue weighted by atomic mass is 10.2. The third-order valence-corrected chi connectivity index (χ3v) is 1.77. The largest absolute Gasteiger partial charge is 0.505 e. The summed E-state index contributed by atoms with van der Waals surface area (Å²) in [6.07, 6.45) is 0.895. The molecule has 0 radical (unpaired) electrons. The van der Waals surface area contributed by atoms with E-state index in [1.165, 1.54) is 0 Å². The molecular weight excluding hydrogens is 139 g/mol. The molecule has 2 unspecified atom stereocenters. The van der Waals surface area contributed by atoms with Gasteiger partial charge < -0.3 is 5.11 Å². The van der Waals surface area contributed by atoms with Crippen LogP contribution in [0.3, 0.4) is 0 Å². The van der Waals surface area contributed by atoms with E-state index in [0.29, 0.717) is 12.8 Å². The molecule has 2 N–H and O–H groups in total. The molecule has 9 heavy (non-hydrogen) atoms. The van der Waals surface area contributed by atoms with Crippen LogP contribution in [-0.4, -0.2) is 22.3 Å². The summed E-state index contributed by atoms with van der Waals surface area (Å²) in [5, 5.41) is 8.87. The summed E-state index contributed by atoms with van der Waals surface area (Å²) >= 11 is 0. The van der Waals surface area contributed by atoms with Gasteiger partial charge in [0, 0.05) is 6.42 Å². The Hall–Kier alpha value is 0.0200. The van der Waals surface area contributed by atoms with E-state index in [0.717, 1.165) is 0 Å². The van der Waals surface area contributed by atoms with E-state index in [2.05, 4.69) is 0 Å². The average molecular weight is 151 g/mol. The Kier molecular flexibility index (Phi) is 4.87. The molecule has 0 spiro atoms. The molecule has 0 aliphatic rings. The zero-order chi connectivity index (χ0) is 7.28. The van der Waals surface area contributed by atoms with Crippen molar-refractivity contribution in [3.63, 3.8) is 0 Å². The summed E-state index contributed by atoms with van der Waals surface area (Å²) in [5.41, 5.74) is 0. The number of aliphatic hydroxyl groups is 1. The smallest absolute Gasteiger partial charge is 0.393 e. The number of rotatable bonds is 4. The highest BCUT2D eigenvalue weighted by molar-refractivity contribution is 7.37. The summed E-state index contributed by atoms with van der Waals surface area (Å²) in [5.74, 6) is 0. The highest BCUT2D eigenvalue weighted by Crippen LogP contribution is 2.15.